The van der Waals surface area contributed by atoms with Gasteiger partial charge in [0.05, 0.1) is 0 Å². The zero-order chi connectivity index (χ0) is 15.2. The minimum absolute atomic E-state index is 0.0551. The molecule has 112 valence electrons. The van der Waals surface area contributed by atoms with Crippen molar-refractivity contribution in [2.75, 3.05) is 0 Å². The molecule has 0 amide bonds. The van der Waals surface area contributed by atoms with Crippen LogP contribution < -0.4 is 0 Å². The van der Waals surface area contributed by atoms with Crippen LogP contribution in [0.2, 0.25) is 0 Å². The van der Waals surface area contributed by atoms with E-state index in [9.17, 15) is 8.42 Å². The quantitative estimate of drug-likeness (QED) is 0.811. The molecule has 0 spiro atoms. The fraction of sp³-hybridized carbons (Fsp3) is 0.400. The van der Waals surface area contributed by atoms with E-state index in [-0.39, 0.29) is 10.9 Å². The SMILES string of the molecule is CC(C)c1nc(S(=O)(=O)Cl)cn1CC1Cc2ccccc21. The number of aromatic nitrogens is 2. The average Bonchev–Trinajstić information content (AvgIpc) is 2.80. The van der Waals surface area contributed by atoms with Gasteiger partial charge in [-0.15, -0.1) is 0 Å². The zero-order valence-corrected chi connectivity index (χ0v) is 13.5. The Morgan fingerprint density at radius 3 is 2.71 bits per heavy atom. The van der Waals surface area contributed by atoms with Crippen LogP contribution in [0, 0.1) is 0 Å². The van der Waals surface area contributed by atoms with Crippen LogP contribution in [0.3, 0.4) is 0 Å². The van der Waals surface area contributed by atoms with Crippen molar-refractivity contribution >= 4 is 19.7 Å². The highest BCUT2D eigenvalue weighted by atomic mass is 35.7. The Balaban J connectivity index is 1.91. The maximum atomic E-state index is 11.5. The average molecular weight is 325 g/mol. The van der Waals surface area contributed by atoms with E-state index in [0.717, 1.165) is 18.8 Å². The molecule has 1 atom stereocenters. The van der Waals surface area contributed by atoms with Crippen LogP contribution in [0.15, 0.2) is 35.5 Å². The van der Waals surface area contributed by atoms with E-state index < -0.39 is 9.05 Å². The summed E-state index contributed by atoms with van der Waals surface area (Å²) in [5.41, 5.74) is 2.72. The van der Waals surface area contributed by atoms with Crippen LogP contribution in [0.25, 0.3) is 0 Å². The maximum absolute atomic E-state index is 11.5. The lowest BCUT2D eigenvalue weighted by molar-refractivity contribution is 0.488. The third-order valence-electron chi connectivity index (χ3n) is 3.93. The largest absolute Gasteiger partial charge is 0.333 e. The van der Waals surface area contributed by atoms with Gasteiger partial charge in [0.1, 0.15) is 5.82 Å². The fourth-order valence-corrected chi connectivity index (χ4v) is 3.57. The smallest absolute Gasteiger partial charge is 0.280 e. The van der Waals surface area contributed by atoms with Crippen molar-refractivity contribution < 1.29 is 8.42 Å². The second kappa shape index (κ2) is 5.14. The van der Waals surface area contributed by atoms with Crippen LogP contribution >= 0.6 is 10.7 Å². The monoisotopic (exact) mass is 324 g/mol. The Bertz CT molecular complexity index is 781. The molecule has 1 unspecified atom stereocenters. The standard InChI is InChI=1S/C15H17ClN2O2S/c1-10(2)15-17-14(21(16,19)20)9-18(15)8-12-7-11-5-3-4-6-13(11)12/h3-6,9-10,12H,7-8H2,1-2H3. The minimum atomic E-state index is -3.78. The van der Waals surface area contributed by atoms with Gasteiger partial charge in [0, 0.05) is 35.3 Å². The van der Waals surface area contributed by atoms with E-state index >= 15 is 0 Å². The predicted molar refractivity (Wildman–Crippen MR) is 82.2 cm³/mol. The maximum Gasteiger partial charge on any atom is 0.280 e. The third kappa shape index (κ3) is 2.72. The lowest BCUT2D eigenvalue weighted by Gasteiger charge is -2.31. The molecule has 21 heavy (non-hydrogen) atoms. The summed E-state index contributed by atoms with van der Waals surface area (Å²) in [6, 6.07) is 8.35. The Morgan fingerprint density at radius 1 is 1.38 bits per heavy atom. The van der Waals surface area contributed by atoms with Crippen molar-refractivity contribution in [3.8, 4) is 0 Å². The van der Waals surface area contributed by atoms with Gasteiger partial charge in [-0.25, -0.2) is 13.4 Å². The Hall–Kier alpha value is -1.33. The number of rotatable bonds is 4. The molecule has 6 heteroatoms. The highest BCUT2D eigenvalue weighted by molar-refractivity contribution is 8.13. The Labute approximate surface area is 129 Å². The second-order valence-corrected chi connectivity index (χ2v) is 8.29. The van der Waals surface area contributed by atoms with E-state index in [2.05, 4.69) is 17.1 Å². The van der Waals surface area contributed by atoms with Gasteiger partial charge in [0.2, 0.25) is 0 Å². The van der Waals surface area contributed by atoms with Crippen molar-refractivity contribution in [1.29, 1.82) is 0 Å². The van der Waals surface area contributed by atoms with Crippen LogP contribution in [-0.4, -0.2) is 18.0 Å². The number of nitrogens with zero attached hydrogens (tertiary/aromatic N) is 2. The molecule has 1 aromatic heterocycles. The van der Waals surface area contributed by atoms with Crippen LogP contribution in [0.5, 0.6) is 0 Å². The van der Waals surface area contributed by atoms with E-state index in [1.807, 2.05) is 30.5 Å². The van der Waals surface area contributed by atoms with Crippen molar-refractivity contribution in [2.45, 2.75) is 43.7 Å². The van der Waals surface area contributed by atoms with E-state index in [4.69, 9.17) is 10.7 Å². The second-order valence-electron chi connectivity index (χ2n) is 5.78. The van der Waals surface area contributed by atoms with Crippen LogP contribution in [0.1, 0.15) is 42.6 Å². The minimum Gasteiger partial charge on any atom is -0.333 e. The molecule has 0 radical (unpaired) electrons. The summed E-state index contributed by atoms with van der Waals surface area (Å²) in [7, 11) is 1.63. The lowest BCUT2D eigenvalue weighted by Crippen LogP contribution is -2.22. The first-order valence-electron chi connectivity index (χ1n) is 6.96. The lowest BCUT2D eigenvalue weighted by atomic mass is 9.77. The molecular formula is C15H17ClN2O2S. The summed E-state index contributed by atoms with van der Waals surface area (Å²) in [5.74, 6) is 1.32. The molecule has 1 aliphatic carbocycles. The Kier molecular flexibility index (Phi) is 3.58. The molecule has 0 fully saturated rings. The molecule has 3 rings (SSSR count). The van der Waals surface area contributed by atoms with Gasteiger partial charge in [0.25, 0.3) is 9.05 Å². The number of imidazole rings is 1. The summed E-state index contributed by atoms with van der Waals surface area (Å²) in [6.07, 6.45) is 2.58. The summed E-state index contributed by atoms with van der Waals surface area (Å²) in [4.78, 5) is 4.19. The number of halogens is 1. The highest BCUT2D eigenvalue weighted by Gasteiger charge is 2.28. The molecule has 0 saturated heterocycles. The van der Waals surface area contributed by atoms with Gasteiger partial charge >= 0.3 is 0 Å². The fourth-order valence-electron chi connectivity index (χ4n) is 2.89. The number of hydrogen-bond donors (Lipinski definition) is 0. The van der Waals surface area contributed by atoms with E-state index in [0.29, 0.717) is 5.92 Å². The summed E-state index contributed by atoms with van der Waals surface area (Å²) < 4.78 is 24.9. The van der Waals surface area contributed by atoms with Crippen molar-refractivity contribution in [3.05, 3.63) is 47.4 Å². The van der Waals surface area contributed by atoms with E-state index in [1.165, 1.54) is 11.1 Å². The van der Waals surface area contributed by atoms with Gasteiger partial charge in [-0.3, -0.25) is 0 Å². The first-order valence-corrected chi connectivity index (χ1v) is 9.26. The van der Waals surface area contributed by atoms with Gasteiger partial charge < -0.3 is 4.57 Å². The van der Waals surface area contributed by atoms with Crippen molar-refractivity contribution in [3.63, 3.8) is 0 Å². The molecule has 2 aromatic rings. The Morgan fingerprint density at radius 2 is 2.10 bits per heavy atom. The third-order valence-corrected chi connectivity index (χ3v) is 5.10. The van der Waals surface area contributed by atoms with Crippen molar-refractivity contribution in [1.82, 2.24) is 9.55 Å². The molecule has 1 aliphatic rings. The molecule has 1 heterocycles. The highest BCUT2D eigenvalue weighted by Crippen LogP contribution is 2.36. The first kappa shape index (κ1) is 14.6. The topological polar surface area (TPSA) is 52.0 Å². The molecule has 1 aromatic carbocycles. The normalized spacial score (nSPS) is 17.6. The van der Waals surface area contributed by atoms with Gasteiger partial charge in [-0.05, 0) is 17.5 Å². The molecule has 0 saturated carbocycles. The zero-order valence-electron chi connectivity index (χ0n) is 12.0. The number of benzene rings is 1. The molecule has 4 nitrogen and oxygen atoms in total. The van der Waals surface area contributed by atoms with Crippen LogP contribution in [0.4, 0.5) is 0 Å². The molecule has 0 N–H and O–H groups in total. The molecule has 0 bridgehead atoms. The molecular weight excluding hydrogens is 308 g/mol. The van der Waals surface area contributed by atoms with E-state index in [1.54, 1.807) is 6.20 Å². The first-order chi connectivity index (χ1) is 9.86. The summed E-state index contributed by atoms with van der Waals surface area (Å²) in [5, 5.41) is -0.0551. The predicted octanol–water partition coefficient (Wildman–Crippen LogP) is 3.27. The van der Waals surface area contributed by atoms with Gasteiger partial charge in [-0.2, -0.15) is 0 Å². The van der Waals surface area contributed by atoms with Crippen LogP contribution in [-0.2, 0) is 22.0 Å². The number of hydrogen-bond acceptors (Lipinski definition) is 3. The van der Waals surface area contributed by atoms with Gasteiger partial charge in [0.15, 0.2) is 5.03 Å². The number of fused-ring (bicyclic) bond motifs is 1. The molecule has 0 aliphatic heterocycles. The van der Waals surface area contributed by atoms with Crippen molar-refractivity contribution in [2.24, 2.45) is 0 Å². The summed E-state index contributed by atoms with van der Waals surface area (Å²) >= 11 is 0. The summed E-state index contributed by atoms with van der Waals surface area (Å²) in [6.45, 7) is 4.74. The van der Waals surface area contributed by atoms with Gasteiger partial charge in [-0.1, -0.05) is 38.1 Å².